The van der Waals surface area contributed by atoms with Crippen molar-refractivity contribution in [2.45, 2.75) is 52.0 Å². The monoisotopic (exact) mass is 237 g/mol. The van der Waals surface area contributed by atoms with Crippen LogP contribution in [0.25, 0.3) is 0 Å². The van der Waals surface area contributed by atoms with E-state index in [1.54, 1.807) is 11.3 Å². The Morgan fingerprint density at radius 2 is 2.06 bits per heavy atom. The van der Waals surface area contributed by atoms with Crippen molar-refractivity contribution in [2.75, 3.05) is 0 Å². The van der Waals surface area contributed by atoms with Gasteiger partial charge >= 0.3 is 0 Å². The zero-order valence-corrected chi connectivity index (χ0v) is 11.4. The van der Waals surface area contributed by atoms with E-state index in [0.717, 1.165) is 5.92 Å². The maximum atomic E-state index is 6.28. The molecule has 0 radical (unpaired) electrons. The highest BCUT2D eigenvalue weighted by Crippen LogP contribution is 2.43. The summed E-state index contributed by atoms with van der Waals surface area (Å²) in [6, 6.07) is 2.62. The van der Waals surface area contributed by atoms with Crippen LogP contribution in [0.3, 0.4) is 0 Å². The van der Waals surface area contributed by atoms with Crippen molar-refractivity contribution in [1.82, 2.24) is 0 Å². The average Bonchev–Trinajstić information content (AvgIpc) is 2.69. The Morgan fingerprint density at radius 3 is 2.62 bits per heavy atom. The molecule has 0 saturated heterocycles. The summed E-state index contributed by atoms with van der Waals surface area (Å²) in [5.41, 5.74) is 8.17. The molecule has 1 aliphatic carbocycles. The molecular formula is C14H23NS. The zero-order chi connectivity index (χ0) is 11.8. The minimum absolute atomic E-state index is 0.369. The van der Waals surface area contributed by atoms with Crippen molar-refractivity contribution in [1.29, 1.82) is 0 Å². The first-order valence-corrected chi connectivity index (χ1v) is 7.20. The van der Waals surface area contributed by atoms with Crippen LogP contribution in [0, 0.1) is 11.3 Å². The molecule has 3 atom stereocenters. The molecule has 16 heavy (non-hydrogen) atoms. The first-order chi connectivity index (χ1) is 7.48. The molecule has 0 amide bonds. The highest BCUT2D eigenvalue weighted by Gasteiger charge is 2.35. The summed E-state index contributed by atoms with van der Waals surface area (Å²) in [4.78, 5) is 0. The van der Waals surface area contributed by atoms with E-state index in [0.29, 0.717) is 17.4 Å². The van der Waals surface area contributed by atoms with Gasteiger partial charge in [0.1, 0.15) is 0 Å². The van der Waals surface area contributed by atoms with E-state index in [9.17, 15) is 0 Å². The highest BCUT2D eigenvalue weighted by atomic mass is 32.1. The van der Waals surface area contributed by atoms with Gasteiger partial charge in [-0.05, 0) is 53.0 Å². The summed E-state index contributed by atoms with van der Waals surface area (Å²) < 4.78 is 0. The Bertz CT molecular complexity index is 323. The van der Waals surface area contributed by atoms with Gasteiger partial charge in [0.05, 0.1) is 0 Å². The van der Waals surface area contributed by atoms with Crippen molar-refractivity contribution in [3.05, 3.63) is 22.4 Å². The van der Waals surface area contributed by atoms with Crippen molar-refractivity contribution < 1.29 is 0 Å². The average molecular weight is 237 g/mol. The molecule has 0 spiro atoms. The van der Waals surface area contributed by atoms with Crippen LogP contribution in [-0.4, -0.2) is 6.04 Å². The van der Waals surface area contributed by atoms with Gasteiger partial charge in [-0.1, -0.05) is 20.8 Å². The topological polar surface area (TPSA) is 26.0 Å². The SMILES string of the molecule is CC(C)(C)C1CCC(N)C(c2ccsc2)C1. The summed E-state index contributed by atoms with van der Waals surface area (Å²) in [5.74, 6) is 1.40. The van der Waals surface area contributed by atoms with Gasteiger partial charge in [0.25, 0.3) is 0 Å². The van der Waals surface area contributed by atoms with Crippen LogP contribution < -0.4 is 5.73 Å². The Kier molecular flexibility index (Phi) is 3.41. The maximum Gasteiger partial charge on any atom is 0.0108 e. The molecule has 1 nitrogen and oxygen atoms in total. The molecule has 1 saturated carbocycles. The molecule has 1 aromatic rings. The van der Waals surface area contributed by atoms with Crippen LogP contribution in [0.4, 0.5) is 0 Å². The molecule has 90 valence electrons. The van der Waals surface area contributed by atoms with Gasteiger partial charge in [0.2, 0.25) is 0 Å². The fourth-order valence-corrected chi connectivity index (χ4v) is 3.57. The van der Waals surface area contributed by atoms with Crippen molar-refractivity contribution in [3.8, 4) is 0 Å². The van der Waals surface area contributed by atoms with Gasteiger partial charge in [-0.3, -0.25) is 0 Å². The molecule has 2 N–H and O–H groups in total. The first-order valence-electron chi connectivity index (χ1n) is 6.26. The lowest BCUT2D eigenvalue weighted by Crippen LogP contribution is -2.38. The zero-order valence-electron chi connectivity index (χ0n) is 10.6. The predicted molar refractivity (Wildman–Crippen MR) is 71.8 cm³/mol. The van der Waals surface area contributed by atoms with Crippen molar-refractivity contribution >= 4 is 11.3 Å². The van der Waals surface area contributed by atoms with E-state index < -0.39 is 0 Å². The minimum Gasteiger partial charge on any atom is -0.327 e. The Morgan fingerprint density at radius 1 is 1.31 bits per heavy atom. The Labute approximate surface area is 103 Å². The van der Waals surface area contributed by atoms with Gasteiger partial charge in [-0.15, -0.1) is 0 Å². The summed E-state index contributed by atoms with van der Waals surface area (Å²) >= 11 is 1.79. The van der Waals surface area contributed by atoms with E-state index in [2.05, 4.69) is 37.6 Å². The Balaban J connectivity index is 2.13. The van der Waals surface area contributed by atoms with Crippen LogP contribution in [0.15, 0.2) is 16.8 Å². The van der Waals surface area contributed by atoms with Crippen molar-refractivity contribution in [2.24, 2.45) is 17.1 Å². The molecule has 1 aromatic heterocycles. The lowest BCUT2D eigenvalue weighted by Gasteiger charge is -2.40. The third-order valence-electron chi connectivity index (χ3n) is 4.10. The molecule has 1 heterocycles. The molecular weight excluding hydrogens is 214 g/mol. The lowest BCUT2D eigenvalue weighted by molar-refractivity contribution is 0.154. The third-order valence-corrected chi connectivity index (χ3v) is 4.80. The van der Waals surface area contributed by atoms with Crippen LogP contribution >= 0.6 is 11.3 Å². The molecule has 2 heteroatoms. The summed E-state index contributed by atoms with van der Waals surface area (Å²) in [6.07, 6.45) is 3.75. The van der Waals surface area contributed by atoms with Crippen LogP contribution in [0.5, 0.6) is 0 Å². The number of nitrogens with two attached hydrogens (primary N) is 1. The van der Waals surface area contributed by atoms with E-state index >= 15 is 0 Å². The number of rotatable bonds is 1. The second-order valence-corrected chi connectivity index (χ2v) is 6.98. The molecule has 0 bridgehead atoms. The number of hydrogen-bond donors (Lipinski definition) is 1. The molecule has 3 unspecified atom stereocenters. The molecule has 1 fully saturated rings. The van der Waals surface area contributed by atoms with Crippen LogP contribution in [0.2, 0.25) is 0 Å². The second-order valence-electron chi connectivity index (χ2n) is 6.20. The fraction of sp³-hybridized carbons (Fsp3) is 0.714. The molecule has 0 aliphatic heterocycles. The van der Waals surface area contributed by atoms with Crippen LogP contribution in [0.1, 0.15) is 51.5 Å². The number of hydrogen-bond acceptors (Lipinski definition) is 2. The van der Waals surface area contributed by atoms with Gasteiger partial charge in [0.15, 0.2) is 0 Å². The summed E-state index contributed by atoms with van der Waals surface area (Å²) in [6.45, 7) is 7.08. The number of thiophene rings is 1. The normalized spacial score (nSPS) is 31.6. The minimum atomic E-state index is 0.369. The van der Waals surface area contributed by atoms with Crippen molar-refractivity contribution in [3.63, 3.8) is 0 Å². The van der Waals surface area contributed by atoms with E-state index in [4.69, 9.17) is 5.73 Å². The summed E-state index contributed by atoms with van der Waals surface area (Å²) in [5, 5.41) is 4.44. The quantitative estimate of drug-likeness (QED) is 0.785. The fourth-order valence-electron chi connectivity index (χ4n) is 2.85. The Hall–Kier alpha value is -0.340. The first kappa shape index (κ1) is 12.1. The van der Waals surface area contributed by atoms with Crippen LogP contribution in [-0.2, 0) is 0 Å². The maximum absolute atomic E-state index is 6.28. The predicted octanol–water partition coefficient (Wildman–Crippen LogP) is 4.01. The standard InChI is InChI=1S/C14H23NS/c1-14(2,3)11-4-5-13(15)12(8-11)10-6-7-16-9-10/h6-7,9,11-13H,4-5,8,15H2,1-3H3. The smallest absolute Gasteiger partial charge is 0.0108 e. The molecule has 1 aliphatic rings. The largest absolute Gasteiger partial charge is 0.327 e. The van der Waals surface area contributed by atoms with Gasteiger partial charge in [-0.25, -0.2) is 0 Å². The van der Waals surface area contributed by atoms with E-state index in [1.807, 2.05) is 0 Å². The van der Waals surface area contributed by atoms with Gasteiger partial charge in [0, 0.05) is 12.0 Å². The van der Waals surface area contributed by atoms with E-state index in [1.165, 1.54) is 24.8 Å². The molecule has 0 aromatic carbocycles. The molecule has 2 rings (SSSR count). The van der Waals surface area contributed by atoms with Gasteiger partial charge < -0.3 is 5.73 Å². The van der Waals surface area contributed by atoms with E-state index in [-0.39, 0.29) is 0 Å². The van der Waals surface area contributed by atoms with Gasteiger partial charge in [-0.2, -0.15) is 11.3 Å². The highest BCUT2D eigenvalue weighted by molar-refractivity contribution is 7.07. The second kappa shape index (κ2) is 4.50. The summed E-state index contributed by atoms with van der Waals surface area (Å²) in [7, 11) is 0. The third kappa shape index (κ3) is 2.49. The lowest BCUT2D eigenvalue weighted by atomic mass is 9.66.